The molecule has 0 spiro atoms. The van der Waals surface area contributed by atoms with Crippen LogP contribution in [0.3, 0.4) is 0 Å². The Morgan fingerprint density at radius 2 is 1.84 bits per heavy atom. The Labute approximate surface area is 181 Å². The van der Waals surface area contributed by atoms with Gasteiger partial charge in [-0.3, -0.25) is 9.59 Å². The number of hydrogen-bond acceptors (Lipinski definition) is 7. The molecule has 9 nitrogen and oxygen atoms in total. The summed E-state index contributed by atoms with van der Waals surface area (Å²) in [5.74, 6) is -2.06. The van der Waals surface area contributed by atoms with E-state index in [1.54, 1.807) is 20.8 Å². The molecule has 0 aliphatic carbocycles. The molecular weight excluding hydrogens is 404 g/mol. The predicted octanol–water partition coefficient (Wildman–Crippen LogP) is 2.58. The molecule has 0 bridgehead atoms. The summed E-state index contributed by atoms with van der Waals surface area (Å²) in [6.07, 6.45) is -1.36. The highest BCUT2D eigenvalue weighted by molar-refractivity contribution is 5.96. The van der Waals surface area contributed by atoms with Crippen LogP contribution in [0, 0.1) is 11.8 Å². The van der Waals surface area contributed by atoms with Gasteiger partial charge in [0, 0.05) is 19.0 Å². The molecule has 1 aromatic rings. The fraction of sp³-hybridized carbons (Fsp3) is 0.545. The monoisotopic (exact) mass is 432 g/mol. The van der Waals surface area contributed by atoms with E-state index in [0.29, 0.717) is 0 Å². The summed E-state index contributed by atoms with van der Waals surface area (Å²) in [5, 5.41) is 0. The fourth-order valence-corrected chi connectivity index (χ4v) is 3.54. The largest absolute Gasteiger partial charge is 0.460 e. The van der Waals surface area contributed by atoms with Crippen molar-refractivity contribution in [3.8, 4) is 0 Å². The molecule has 0 saturated carbocycles. The van der Waals surface area contributed by atoms with Crippen LogP contribution < -0.4 is 0 Å². The fourth-order valence-electron chi connectivity index (χ4n) is 3.54. The molecule has 0 N–H and O–H groups in total. The van der Waals surface area contributed by atoms with Crippen LogP contribution >= 0.6 is 0 Å². The lowest BCUT2D eigenvalue weighted by Crippen LogP contribution is -2.56. The second-order valence-electron chi connectivity index (χ2n) is 8.71. The molecule has 1 aromatic carbocycles. The molecule has 3 amide bonds. The Morgan fingerprint density at radius 1 is 1.16 bits per heavy atom. The highest BCUT2D eigenvalue weighted by Gasteiger charge is 2.45. The van der Waals surface area contributed by atoms with Crippen molar-refractivity contribution >= 4 is 24.1 Å². The summed E-state index contributed by atoms with van der Waals surface area (Å²) in [4.78, 5) is 52.0. The van der Waals surface area contributed by atoms with Crippen LogP contribution in [0.15, 0.2) is 30.3 Å². The van der Waals surface area contributed by atoms with Gasteiger partial charge in [-0.15, -0.1) is 0 Å². The third kappa shape index (κ3) is 5.96. The van der Waals surface area contributed by atoms with Crippen molar-refractivity contribution in [2.75, 3.05) is 26.2 Å². The molecule has 0 aromatic heterocycles. The van der Waals surface area contributed by atoms with E-state index >= 15 is 0 Å². The molecule has 2 aliphatic rings. The van der Waals surface area contributed by atoms with Gasteiger partial charge in [0.2, 0.25) is 5.91 Å². The van der Waals surface area contributed by atoms with E-state index in [0.717, 1.165) is 10.5 Å². The number of cyclic esters (lactones) is 1. The van der Waals surface area contributed by atoms with E-state index in [2.05, 4.69) is 0 Å². The molecule has 0 radical (unpaired) electrons. The summed E-state index contributed by atoms with van der Waals surface area (Å²) in [7, 11) is 0. The van der Waals surface area contributed by atoms with E-state index in [-0.39, 0.29) is 45.2 Å². The predicted molar refractivity (Wildman–Crippen MR) is 109 cm³/mol. The molecule has 2 heterocycles. The number of benzene rings is 1. The number of imide groups is 1. The average Bonchev–Trinajstić information content (AvgIpc) is 3.09. The molecule has 1 unspecified atom stereocenters. The van der Waals surface area contributed by atoms with Gasteiger partial charge in [0.15, 0.2) is 0 Å². The van der Waals surface area contributed by atoms with E-state index < -0.39 is 35.6 Å². The standard InChI is InChI=1S/C22H28N2O7/c1-22(2,3)31-18(25)11-17(19(26)24-9-10-29-21(24)28)16-12-23(13-16)20(27)30-14-15-7-5-4-6-8-15/h4-8,16-17H,9-14H2,1-3H3. The molecule has 9 heteroatoms. The highest BCUT2D eigenvalue weighted by atomic mass is 16.6. The Hall–Kier alpha value is -3.10. The van der Waals surface area contributed by atoms with Crippen LogP contribution in [0.4, 0.5) is 9.59 Å². The molecular formula is C22H28N2O7. The zero-order valence-electron chi connectivity index (χ0n) is 18.0. The molecule has 168 valence electrons. The van der Waals surface area contributed by atoms with Crippen molar-refractivity contribution in [3.63, 3.8) is 0 Å². The lowest BCUT2D eigenvalue weighted by atomic mass is 9.82. The van der Waals surface area contributed by atoms with Crippen LogP contribution in [0.5, 0.6) is 0 Å². The summed E-state index contributed by atoms with van der Waals surface area (Å²) < 4.78 is 15.5. The minimum absolute atomic E-state index is 0.131. The zero-order valence-corrected chi connectivity index (χ0v) is 18.0. The van der Waals surface area contributed by atoms with Gasteiger partial charge in [-0.2, -0.15) is 0 Å². The third-order valence-electron chi connectivity index (χ3n) is 5.09. The van der Waals surface area contributed by atoms with E-state index in [1.807, 2.05) is 30.3 Å². The number of carbonyl (C=O) groups is 4. The molecule has 2 saturated heterocycles. The normalized spacial score (nSPS) is 17.6. The Kier molecular flexibility index (Phi) is 6.82. The van der Waals surface area contributed by atoms with Gasteiger partial charge in [0.05, 0.1) is 18.9 Å². The van der Waals surface area contributed by atoms with Gasteiger partial charge in [0.25, 0.3) is 0 Å². The van der Waals surface area contributed by atoms with Crippen molar-refractivity contribution < 1.29 is 33.4 Å². The van der Waals surface area contributed by atoms with Gasteiger partial charge < -0.3 is 19.1 Å². The van der Waals surface area contributed by atoms with E-state index in [9.17, 15) is 19.2 Å². The summed E-state index contributed by atoms with van der Waals surface area (Å²) in [6, 6.07) is 9.31. The maximum Gasteiger partial charge on any atom is 0.416 e. The van der Waals surface area contributed by atoms with Gasteiger partial charge >= 0.3 is 18.2 Å². The minimum atomic E-state index is -0.779. The number of ether oxygens (including phenoxy) is 3. The van der Waals surface area contributed by atoms with Crippen LogP contribution in [0.25, 0.3) is 0 Å². The number of nitrogens with zero attached hydrogens (tertiary/aromatic N) is 2. The lowest BCUT2D eigenvalue weighted by molar-refractivity contribution is -0.160. The molecule has 2 fully saturated rings. The maximum absolute atomic E-state index is 13.0. The topological polar surface area (TPSA) is 102 Å². The summed E-state index contributed by atoms with van der Waals surface area (Å²) in [5.41, 5.74) is 0.183. The summed E-state index contributed by atoms with van der Waals surface area (Å²) >= 11 is 0. The van der Waals surface area contributed by atoms with Gasteiger partial charge in [0.1, 0.15) is 18.8 Å². The first kappa shape index (κ1) is 22.6. The minimum Gasteiger partial charge on any atom is -0.460 e. The molecule has 31 heavy (non-hydrogen) atoms. The Morgan fingerprint density at radius 3 is 2.42 bits per heavy atom. The smallest absolute Gasteiger partial charge is 0.416 e. The Bertz CT molecular complexity index is 828. The highest BCUT2D eigenvalue weighted by Crippen LogP contribution is 2.30. The van der Waals surface area contributed by atoms with Crippen molar-refractivity contribution in [2.24, 2.45) is 11.8 Å². The number of rotatable bonds is 6. The first-order valence-electron chi connectivity index (χ1n) is 10.3. The first-order valence-corrected chi connectivity index (χ1v) is 10.3. The number of likely N-dealkylation sites (tertiary alicyclic amines) is 1. The van der Waals surface area contributed by atoms with E-state index in [4.69, 9.17) is 14.2 Å². The van der Waals surface area contributed by atoms with Crippen LogP contribution in [-0.2, 0) is 30.4 Å². The second-order valence-corrected chi connectivity index (χ2v) is 8.71. The number of carbonyl (C=O) groups excluding carboxylic acids is 4. The van der Waals surface area contributed by atoms with Crippen molar-refractivity contribution in [2.45, 2.75) is 39.4 Å². The number of amides is 3. The van der Waals surface area contributed by atoms with Crippen LogP contribution in [0.1, 0.15) is 32.8 Å². The third-order valence-corrected chi connectivity index (χ3v) is 5.09. The molecule has 3 rings (SSSR count). The van der Waals surface area contributed by atoms with Gasteiger partial charge in [-0.25, -0.2) is 14.5 Å². The number of hydrogen-bond donors (Lipinski definition) is 0. The summed E-state index contributed by atoms with van der Waals surface area (Å²) in [6.45, 7) is 6.19. The average molecular weight is 432 g/mol. The van der Waals surface area contributed by atoms with Crippen molar-refractivity contribution in [1.82, 2.24) is 9.80 Å². The van der Waals surface area contributed by atoms with E-state index in [1.165, 1.54) is 4.90 Å². The number of esters is 1. The van der Waals surface area contributed by atoms with Crippen LogP contribution in [-0.4, -0.2) is 65.7 Å². The first-order chi connectivity index (χ1) is 14.6. The Balaban J connectivity index is 1.59. The second kappa shape index (κ2) is 9.36. The molecule has 2 aliphatic heterocycles. The van der Waals surface area contributed by atoms with Crippen molar-refractivity contribution in [1.29, 1.82) is 0 Å². The maximum atomic E-state index is 13.0. The SMILES string of the molecule is CC(C)(C)OC(=O)CC(C(=O)N1CCOC1=O)C1CN(C(=O)OCc2ccccc2)C1. The lowest BCUT2D eigenvalue weighted by Gasteiger charge is -2.42. The molecule has 1 atom stereocenters. The van der Waals surface area contributed by atoms with Crippen LogP contribution in [0.2, 0.25) is 0 Å². The van der Waals surface area contributed by atoms with Gasteiger partial charge in [-0.1, -0.05) is 30.3 Å². The zero-order chi connectivity index (χ0) is 22.6. The quantitative estimate of drug-likeness (QED) is 0.503. The van der Waals surface area contributed by atoms with Gasteiger partial charge in [-0.05, 0) is 26.3 Å². The van der Waals surface area contributed by atoms with Crippen molar-refractivity contribution in [3.05, 3.63) is 35.9 Å².